The summed E-state index contributed by atoms with van der Waals surface area (Å²) >= 11 is 0. The highest BCUT2D eigenvalue weighted by Gasteiger charge is 2.25. The first-order chi connectivity index (χ1) is 17.9. The van der Waals surface area contributed by atoms with Crippen LogP contribution in [-0.2, 0) is 22.5 Å². The van der Waals surface area contributed by atoms with Gasteiger partial charge < -0.3 is 29.6 Å². The van der Waals surface area contributed by atoms with Gasteiger partial charge in [0.15, 0.2) is 11.3 Å². The number of ether oxygens (including phenoxy) is 1. The quantitative estimate of drug-likeness (QED) is 0.236. The molecule has 2 amide bonds. The minimum absolute atomic E-state index is 0.00745. The molecule has 1 aliphatic heterocycles. The maximum absolute atomic E-state index is 13.0. The number of carbonyl (C=O) groups is 2. The summed E-state index contributed by atoms with van der Waals surface area (Å²) in [5.41, 5.74) is 1.79. The second-order valence-corrected chi connectivity index (χ2v) is 9.32. The SMILES string of the molecule is CCCCOC(=O)NCc1cccc(C2CCN(C(=O)Cc3cc(=O)oc4c(O)c(O)ccc34)CC2)c1. The van der Waals surface area contributed by atoms with Crippen LogP contribution in [0.5, 0.6) is 11.5 Å². The molecular formula is C28H32N2O7. The molecule has 9 nitrogen and oxygen atoms in total. The van der Waals surface area contributed by atoms with E-state index in [-0.39, 0.29) is 17.9 Å². The van der Waals surface area contributed by atoms with Gasteiger partial charge in [-0.05, 0) is 54.0 Å². The largest absolute Gasteiger partial charge is 0.504 e. The van der Waals surface area contributed by atoms with E-state index < -0.39 is 23.2 Å². The molecule has 1 aliphatic rings. The average Bonchev–Trinajstić information content (AvgIpc) is 2.90. The highest BCUT2D eigenvalue weighted by atomic mass is 16.5. The summed E-state index contributed by atoms with van der Waals surface area (Å²) in [6, 6.07) is 12.2. The van der Waals surface area contributed by atoms with E-state index in [1.54, 1.807) is 4.90 Å². The maximum Gasteiger partial charge on any atom is 0.407 e. The molecule has 4 rings (SSSR count). The minimum atomic E-state index is -0.696. The first kappa shape index (κ1) is 26.1. The molecule has 37 heavy (non-hydrogen) atoms. The van der Waals surface area contributed by atoms with Crippen LogP contribution in [0, 0.1) is 0 Å². The predicted octanol–water partition coefficient (Wildman–Crippen LogP) is 4.18. The van der Waals surface area contributed by atoms with Crippen LogP contribution in [0.4, 0.5) is 4.79 Å². The van der Waals surface area contributed by atoms with Crippen LogP contribution in [-0.4, -0.2) is 46.8 Å². The van der Waals surface area contributed by atoms with E-state index in [2.05, 4.69) is 17.4 Å². The number of piperidine rings is 1. The van der Waals surface area contributed by atoms with E-state index in [0.29, 0.717) is 43.1 Å². The van der Waals surface area contributed by atoms with Gasteiger partial charge in [0.05, 0.1) is 13.0 Å². The van der Waals surface area contributed by atoms with Gasteiger partial charge in [0, 0.05) is 31.1 Å². The maximum atomic E-state index is 13.0. The predicted molar refractivity (Wildman–Crippen MR) is 138 cm³/mol. The number of fused-ring (bicyclic) bond motifs is 1. The number of phenolic OH excluding ortho intramolecular Hbond substituents is 2. The molecule has 3 N–H and O–H groups in total. The second kappa shape index (κ2) is 11.8. The zero-order chi connectivity index (χ0) is 26.4. The Morgan fingerprint density at radius 1 is 1.14 bits per heavy atom. The van der Waals surface area contributed by atoms with Crippen molar-refractivity contribution in [1.29, 1.82) is 0 Å². The van der Waals surface area contributed by atoms with E-state index in [0.717, 1.165) is 31.2 Å². The summed E-state index contributed by atoms with van der Waals surface area (Å²) < 4.78 is 10.2. The van der Waals surface area contributed by atoms with Gasteiger partial charge in [-0.2, -0.15) is 0 Å². The third-order valence-electron chi connectivity index (χ3n) is 6.73. The molecule has 0 atom stereocenters. The van der Waals surface area contributed by atoms with E-state index in [4.69, 9.17) is 9.15 Å². The number of alkyl carbamates (subject to hydrolysis) is 1. The summed E-state index contributed by atoms with van der Waals surface area (Å²) in [4.78, 5) is 38.6. The summed E-state index contributed by atoms with van der Waals surface area (Å²) in [6.07, 6.45) is 2.99. The highest BCUT2D eigenvalue weighted by molar-refractivity contribution is 5.91. The second-order valence-electron chi connectivity index (χ2n) is 9.32. The monoisotopic (exact) mass is 508 g/mol. The lowest BCUT2D eigenvalue weighted by atomic mass is 9.88. The Labute approximate surface area is 214 Å². The van der Waals surface area contributed by atoms with Gasteiger partial charge in [0.2, 0.25) is 11.7 Å². The van der Waals surface area contributed by atoms with Crippen LogP contribution in [0.1, 0.15) is 55.2 Å². The Kier molecular flexibility index (Phi) is 8.32. The number of benzene rings is 2. The van der Waals surface area contributed by atoms with Crippen molar-refractivity contribution in [2.45, 2.75) is 51.5 Å². The van der Waals surface area contributed by atoms with E-state index in [1.165, 1.54) is 23.8 Å². The van der Waals surface area contributed by atoms with Gasteiger partial charge >= 0.3 is 11.7 Å². The number of nitrogens with one attached hydrogen (secondary N) is 1. The Balaban J connectivity index is 1.34. The van der Waals surface area contributed by atoms with Crippen LogP contribution in [0.3, 0.4) is 0 Å². The lowest BCUT2D eigenvalue weighted by Gasteiger charge is -2.32. The molecule has 2 heterocycles. The number of aromatic hydroxyl groups is 2. The number of amides is 2. The fourth-order valence-corrected chi connectivity index (χ4v) is 4.64. The first-order valence-electron chi connectivity index (χ1n) is 12.6. The molecule has 2 aromatic carbocycles. The number of carbonyl (C=O) groups excluding carboxylic acids is 2. The molecule has 1 fully saturated rings. The standard InChI is InChI=1S/C28H32N2O7/c1-2-3-13-36-28(35)29-17-18-5-4-6-20(14-18)19-9-11-30(12-10-19)24(32)15-21-16-25(33)37-27-22(21)7-8-23(31)26(27)34/h4-8,14,16,19,31,34H,2-3,9-13,15,17H2,1H3,(H,29,35). The van der Waals surface area contributed by atoms with Gasteiger partial charge in [-0.15, -0.1) is 0 Å². The minimum Gasteiger partial charge on any atom is -0.504 e. The first-order valence-corrected chi connectivity index (χ1v) is 12.6. The van der Waals surface area contributed by atoms with Gasteiger partial charge in [-0.25, -0.2) is 9.59 Å². The van der Waals surface area contributed by atoms with Gasteiger partial charge in [0.1, 0.15) is 0 Å². The summed E-state index contributed by atoms with van der Waals surface area (Å²) in [5.74, 6) is -0.731. The molecule has 0 unspecified atom stereocenters. The normalized spacial score (nSPS) is 14.0. The molecule has 0 bridgehead atoms. The van der Waals surface area contributed by atoms with Crippen molar-refractivity contribution in [2.24, 2.45) is 0 Å². The fraction of sp³-hybridized carbons (Fsp3) is 0.393. The Morgan fingerprint density at radius 3 is 2.68 bits per heavy atom. The number of rotatable bonds is 8. The Morgan fingerprint density at radius 2 is 1.92 bits per heavy atom. The van der Waals surface area contributed by atoms with E-state index in [1.807, 2.05) is 19.1 Å². The number of hydrogen-bond donors (Lipinski definition) is 3. The fourth-order valence-electron chi connectivity index (χ4n) is 4.64. The van der Waals surface area contributed by atoms with Crippen molar-refractivity contribution in [1.82, 2.24) is 10.2 Å². The topological polar surface area (TPSA) is 129 Å². The zero-order valence-electron chi connectivity index (χ0n) is 20.9. The lowest BCUT2D eigenvalue weighted by Crippen LogP contribution is -2.38. The van der Waals surface area contributed by atoms with Crippen molar-refractivity contribution in [3.63, 3.8) is 0 Å². The van der Waals surface area contributed by atoms with Crippen LogP contribution in [0.15, 0.2) is 51.7 Å². The number of unbranched alkanes of at least 4 members (excludes halogenated alkanes) is 1. The summed E-state index contributed by atoms with van der Waals surface area (Å²) in [7, 11) is 0. The van der Waals surface area contributed by atoms with Crippen LogP contribution in [0.2, 0.25) is 0 Å². The number of nitrogens with zero attached hydrogens (tertiary/aromatic N) is 1. The molecule has 196 valence electrons. The smallest absolute Gasteiger partial charge is 0.407 e. The van der Waals surface area contributed by atoms with E-state index in [9.17, 15) is 24.6 Å². The van der Waals surface area contributed by atoms with Crippen LogP contribution >= 0.6 is 0 Å². The highest BCUT2D eigenvalue weighted by Crippen LogP contribution is 2.34. The van der Waals surface area contributed by atoms with Gasteiger partial charge in [-0.1, -0.05) is 37.6 Å². The molecule has 0 radical (unpaired) electrons. The van der Waals surface area contributed by atoms with Crippen molar-refractivity contribution >= 4 is 23.0 Å². The Bertz CT molecular complexity index is 1330. The Hall–Kier alpha value is -4.01. The number of phenols is 2. The summed E-state index contributed by atoms with van der Waals surface area (Å²) in [6.45, 7) is 4.02. The third-order valence-corrected chi connectivity index (χ3v) is 6.73. The molecule has 1 saturated heterocycles. The summed E-state index contributed by atoms with van der Waals surface area (Å²) in [5, 5.41) is 22.9. The van der Waals surface area contributed by atoms with Crippen LogP contribution in [0.25, 0.3) is 11.0 Å². The van der Waals surface area contributed by atoms with Crippen molar-refractivity contribution < 1.29 is 29.0 Å². The lowest BCUT2D eigenvalue weighted by molar-refractivity contribution is -0.131. The molecule has 3 aromatic rings. The van der Waals surface area contributed by atoms with Crippen LogP contribution < -0.4 is 10.9 Å². The molecule has 9 heteroatoms. The molecular weight excluding hydrogens is 476 g/mol. The molecule has 0 spiro atoms. The van der Waals surface area contributed by atoms with E-state index >= 15 is 0 Å². The number of likely N-dealkylation sites (tertiary alicyclic amines) is 1. The number of hydrogen-bond acceptors (Lipinski definition) is 7. The van der Waals surface area contributed by atoms with Gasteiger partial charge in [-0.3, -0.25) is 4.79 Å². The molecule has 0 saturated carbocycles. The van der Waals surface area contributed by atoms with Crippen molar-refractivity contribution in [3.05, 3.63) is 69.6 Å². The average molecular weight is 509 g/mol. The van der Waals surface area contributed by atoms with Gasteiger partial charge in [0.25, 0.3) is 0 Å². The zero-order valence-corrected chi connectivity index (χ0v) is 20.9. The van der Waals surface area contributed by atoms with Crippen molar-refractivity contribution in [2.75, 3.05) is 19.7 Å². The third kappa shape index (κ3) is 6.41. The molecule has 1 aromatic heterocycles. The van der Waals surface area contributed by atoms with Crippen molar-refractivity contribution in [3.8, 4) is 11.5 Å². The molecule has 0 aliphatic carbocycles.